The predicted octanol–water partition coefficient (Wildman–Crippen LogP) is 1.68. The SMILES string of the molecule is Cc1nn(C)c(CN2CCC(CC(=O)O)C2)c1Cl. The molecule has 2 rings (SSSR count). The monoisotopic (exact) mass is 271 g/mol. The van der Waals surface area contributed by atoms with E-state index >= 15 is 0 Å². The standard InChI is InChI=1S/C12H18ClN3O2/c1-8-12(13)10(15(2)14-8)7-16-4-3-9(6-16)5-11(17)18/h9H,3-7H2,1-2H3,(H,17,18). The highest BCUT2D eigenvalue weighted by Crippen LogP contribution is 2.25. The van der Waals surface area contributed by atoms with Crippen LogP contribution >= 0.6 is 11.6 Å². The third kappa shape index (κ3) is 2.84. The minimum absolute atomic E-state index is 0.259. The van der Waals surface area contributed by atoms with Crippen LogP contribution in [0.2, 0.25) is 5.02 Å². The summed E-state index contributed by atoms with van der Waals surface area (Å²) in [7, 11) is 1.89. The van der Waals surface area contributed by atoms with Gasteiger partial charge < -0.3 is 5.11 Å². The fraction of sp³-hybridized carbons (Fsp3) is 0.667. The van der Waals surface area contributed by atoms with E-state index in [4.69, 9.17) is 16.7 Å². The van der Waals surface area contributed by atoms with Gasteiger partial charge in [0.2, 0.25) is 0 Å². The number of aliphatic carboxylic acids is 1. The normalized spacial score (nSPS) is 20.5. The molecule has 1 aliphatic heterocycles. The van der Waals surface area contributed by atoms with Gasteiger partial charge in [-0.05, 0) is 25.8 Å². The Bertz CT molecular complexity index is 458. The van der Waals surface area contributed by atoms with Crippen molar-refractivity contribution in [2.45, 2.75) is 26.3 Å². The second-order valence-corrected chi connectivity index (χ2v) is 5.34. The van der Waals surface area contributed by atoms with Crippen molar-refractivity contribution >= 4 is 17.6 Å². The van der Waals surface area contributed by atoms with Crippen LogP contribution in [0, 0.1) is 12.8 Å². The summed E-state index contributed by atoms with van der Waals surface area (Å²) in [5.41, 5.74) is 1.85. The molecule has 100 valence electrons. The van der Waals surface area contributed by atoms with E-state index in [0.717, 1.165) is 42.5 Å². The van der Waals surface area contributed by atoms with Crippen LogP contribution in [0.25, 0.3) is 0 Å². The lowest BCUT2D eigenvalue weighted by molar-refractivity contribution is -0.138. The molecule has 6 heteroatoms. The number of hydrogen-bond acceptors (Lipinski definition) is 3. The molecule has 2 heterocycles. The molecular weight excluding hydrogens is 254 g/mol. The lowest BCUT2D eigenvalue weighted by Crippen LogP contribution is -2.22. The van der Waals surface area contributed by atoms with Crippen molar-refractivity contribution in [1.82, 2.24) is 14.7 Å². The number of rotatable bonds is 4. The molecule has 1 N–H and O–H groups in total. The van der Waals surface area contributed by atoms with Crippen molar-refractivity contribution < 1.29 is 9.90 Å². The number of carboxylic acid groups (broad SMARTS) is 1. The number of halogens is 1. The number of likely N-dealkylation sites (tertiary alicyclic amines) is 1. The minimum atomic E-state index is -0.712. The summed E-state index contributed by atoms with van der Waals surface area (Å²) in [4.78, 5) is 12.9. The molecule has 0 radical (unpaired) electrons. The second kappa shape index (κ2) is 5.28. The number of carbonyl (C=O) groups is 1. The summed E-state index contributed by atoms with van der Waals surface area (Å²) in [6.07, 6.45) is 1.20. The third-order valence-electron chi connectivity index (χ3n) is 3.47. The van der Waals surface area contributed by atoms with Gasteiger partial charge in [-0.2, -0.15) is 5.10 Å². The number of carboxylic acids is 1. The van der Waals surface area contributed by atoms with E-state index in [1.807, 2.05) is 18.7 Å². The lowest BCUT2D eigenvalue weighted by atomic mass is 10.1. The maximum atomic E-state index is 10.7. The molecule has 18 heavy (non-hydrogen) atoms. The van der Waals surface area contributed by atoms with Crippen LogP contribution in [-0.4, -0.2) is 38.8 Å². The van der Waals surface area contributed by atoms with E-state index in [-0.39, 0.29) is 12.3 Å². The van der Waals surface area contributed by atoms with Gasteiger partial charge in [-0.25, -0.2) is 0 Å². The van der Waals surface area contributed by atoms with Gasteiger partial charge in [0.25, 0.3) is 0 Å². The van der Waals surface area contributed by atoms with Crippen molar-refractivity contribution in [3.8, 4) is 0 Å². The maximum Gasteiger partial charge on any atom is 0.303 e. The molecule has 0 aromatic carbocycles. The zero-order valence-electron chi connectivity index (χ0n) is 10.7. The highest BCUT2D eigenvalue weighted by Gasteiger charge is 2.26. The Balaban J connectivity index is 1.97. The molecule has 0 spiro atoms. The molecule has 0 saturated carbocycles. The van der Waals surface area contributed by atoms with E-state index in [9.17, 15) is 4.79 Å². The Kier molecular flexibility index (Phi) is 3.92. The molecule has 1 aromatic rings. The van der Waals surface area contributed by atoms with Crippen LogP contribution in [0.15, 0.2) is 0 Å². The van der Waals surface area contributed by atoms with Gasteiger partial charge >= 0.3 is 5.97 Å². The molecule has 1 aliphatic rings. The number of aromatic nitrogens is 2. The first kappa shape index (κ1) is 13.4. The Morgan fingerprint density at radius 1 is 1.61 bits per heavy atom. The smallest absolute Gasteiger partial charge is 0.303 e. The van der Waals surface area contributed by atoms with Gasteiger partial charge in [-0.15, -0.1) is 0 Å². The largest absolute Gasteiger partial charge is 0.481 e. The molecular formula is C12H18ClN3O2. The quantitative estimate of drug-likeness (QED) is 0.905. The average molecular weight is 272 g/mol. The summed E-state index contributed by atoms with van der Waals surface area (Å²) in [6.45, 7) is 4.39. The van der Waals surface area contributed by atoms with Gasteiger partial charge in [0, 0.05) is 26.6 Å². The maximum absolute atomic E-state index is 10.7. The topological polar surface area (TPSA) is 58.4 Å². The predicted molar refractivity (Wildman–Crippen MR) is 68.6 cm³/mol. The molecule has 1 atom stereocenters. The first-order chi connectivity index (χ1) is 8.47. The molecule has 1 saturated heterocycles. The fourth-order valence-electron chi connectivity index (χ4n) is 2.53. The molecule has 1 unspecified atom stereocenters. The molecule has 1 fully saturated rings. The van der Waals surface area contributed by atoms with E-state index in [2.05, 4.69) is 10.00 Å². The van der Waals surface area contributed by atoms with Crippen LogP contribution in [0.1, 0.15) is 24.2 Å². The fourth-order valence-corrected chi connectivity index (χ4v) is 2.75. The zero-order valence-corrected chi connectivity index (χ0v) is 11.4. The van der Waals surface area contributed by atoms with E-state index in [0.29, 0.717) is 0 Å². The first-order valence-electron chi connectivity index (χ1n) is 6.09. The summed E-state index contributed by atoms with van der Waals surface area (Å²) >= 11 is 6.21. The van der Waals surface area contributed by atoms with E-state index in [1.54, 1.807) is 0 Å². The number of nitrogens with zero attached hydrogens (tertiary/aromatic N) is 3. The van der Waals surface area contributed by atoms with Gasteiger partial charge in [-0.3, -0.25) is 14.4 Å². The van der Waals surface area contributed by atoms with Gasteiger partial charge in [0.15, 0.2) is 0 Å². The van der Waals surface area contributed by atoms with Crippen molar-refractivity contribution in [3.63, 3.8) is 0 Å². The molecule has 0 bridgehead atoms. The summed E-state index contributed by atoms with van der Waals surface area (Å²) in [6, 6.07) is 0. The summed E-state index contributed by atoms with van der Waals surface area (Å²) in [5, 5.41) is 13.8. The average Bonchev–Trinajstić information content (AvgIpc) is 2.79. The van der Waals surface area contributed by atoms with E-state index < -0.39 is 5.97 Å². The first-order valence-corrected chi connectivity index (χ1v) is 6.47. The summed E-state index contributed by atoms with van der Waals surface area (Å²) in [5.74, 6) is -0.452. The Labute approximate surface area is 111 Å². The van der Waals surface area contributed by atoms with Crippen molar-refractivity contribution in [3.05, 3.63) is 16.4 Å². The number of hydrogen-bond donors (Lipinski definition) is 1. The minimum Gasteiger partial charge on any atom is -0.481 e. The Morgan fingerprint density at radius 3 is 2.89 bits per heavy atom. The van der Waals surface area contributed by atoms with Crippen LogP contribution in [0.4, 0.5) is 0 Å². The van der Waals surface area contributed by atoms with Crippen LogP contribution in [-0.2, 0) is 18.4 Å². The Morgan fingerprint density at radius 2 is 2.33 bits per heavy atom. The van der Waals surface area contributed by atoms with Crippen molar-refractivity contribution in [2.75, 3.05) is 13.1 Å². The van der Waals surface area contributed by atoms with Gasteiger partial charge in [-0.1, -0.05) is 11.6 Å². The second-order valence-electron chi connectivity index (χ2n) is 4.96. The Hall–Kier alpha value is -1.07. The van der Waals surface area contributed by atoms with Crippen LogP contribution in [0.3, 0.4) is 0 Å². The third-order valence-corrected chi connectivity index (χ3v) is 3.96. The molecule has 5 nitrogen and oxygen atoms in total. The van der Waals surface area contributed by atoms with Crippen molar-refractivity contribution in [1.29, 1.82) is 0 Å². The van der Waals surface area contributed by atoms with Gasteiger partial charge in [0.05, 0.1) is 16.4 Å². The lowest BCUT2D eigenvalue weighted by Gasteiger charge is -2.15. The van der Waals surface area contributed by atoms with Crippen molar-refractivity contribution in [2.24, 2.45) is 13.0 Å². The molecule has 1 aromatic heterocycles. The van der Waals surface area contributed by atoms with Crippen LogP contribution < -0.4 is 0 Å². The zero-order chi connectivity index (χ0) is 13.3. The van der Waals surface area contributed by atoms with Gasteiger partial charge in [0.1, 0.15) is 0 Å². The number of aryl methyl sites for hydroxylation is 2. The molecule has 0 amide bonds. The van der Waals surface area contributed by atoms with E-state index in [1.165, 1.54) is 0 Å². The van der Waals surface area contributed by atoms with Crippen LogP contribution in [0.5, 0.6) is 0 Å². The molecule has 0 aliphatic carbocycles. The summed E-state index contributed by atoms with van der Waals surface area (Å²) < 4.78 is 1.81. The highest BCUT2D eigenvalue weighted by molar-refractivity contribution is 6.31. The highest BCUT2D eigenvalue weighted by atomic mass is 35.5.